The van der Waals surface area contributed by atoms with Gasteiger partial charge < -0.3 is 14.6 Å². The molecule has 0 aromatic rings. The van der Waals surface area contributed by atoms with Gasteiger partial charge in [0.1, 0.15) is 11.7 Å². The van der Waals surface area contributed by atoms with Crippen molar-refractivity contribution in [3.05, 3.63) is 0 Å². The highest BCUT2D eigenvalue weighted by Crippen LogP contribution is 2.80. The topological polar surface area (TPSA) is 72.8 Å². The number of aliphatic hydroxyl groups is 1. The van der Waals surface area contributed by atoms with Gasteiger partial charge in [-0.25, -0.2) is 0 Å². The normalized spacial score (nSPS) is 55.2. The average Bonchev–Trinajstić information content (AvgIpc) is 2.97. The Hall–Kier alpha value is -1.10. The molecule has 1 N–H and O–H groups in total. The highest BCUT2D eigenvalue weighted by Gasteiger charge is 2.83. The molecule has 0 amide bonds. The van der Waals surface area contributed by atoms with Crippen molar-refractivity contribution in [2.75, 3.05) is 0 Å². The fourth-order valence-corrected chi connectivity index (χ4v) is 12.2. The fourth-order valence-electron chi connectivity index (χ4n) is 12.2. The number of carbonyl (C=O) groups is 2. The van der Waals surface area contributed by atoms with Crippen molar-refractivity contribution in [2.45, 2.75) is 137 Å². The maximum atomic E-state index is 13.8. The monoisotopic (exact) mass is 514 g/mol. The van der Waals surface area contributed by atoms with Gasteiger partial charge in [0, 0.05) is 23.7 Å². The highest BCUT2D eigenvalue weighted by atomic mass is 16.6. The second-order valence-electron chi connectivity index (χ2n) is 16.4. The molecule has 0 radical (unpaired) electrons. The predicted molar refractivity (Wildman–Crippen MR) is 141 cm³/mol. The van der Waals surface area contributed by atoms with Gasteiger partial charge in [-0.15, -0.1) is 0 Å². The van der Waals surface area contributed by atoms with Gasteiger partial charge >= 0.3 is 11.9 Å². The number of esters is 2. The van der Waals surface area contributed by atoms with E-state index in [1.807, 2.05) is 0 Å². The summed E-state index contributed by atoms with van der Waals surface area (Å²) in [5, 5.41) is 12.3. The summed E-state index contributed by atoms with van der Waals surface area (Å²) in [5.41, 5.74) is -1.38. The van der Waals surface area contributed by atoms with Crippen molar-refractivity contribution in [3.63, 3.8) is 0 Å². The molecule has 6 aliphatic rings. The maximum absolute atomic E-state index is 13.8. The van der Waals surface area contributed by atoms with E-state index in [9.17, 15) is 14.7 Å². The molecule has 5 aliphatic carbocycles. The molecule has 37 heavy (non-hydrogen) atoms. The summed E-state index contributed by atoms with van der Waals surface area (Å²) in [6.45, 7) is 18.1. The van der Waals surface area contributed by atoms with Crippen LogP contribution in [0.15, 0.2) is 0 Å². The Balaban J connectivity index is 1.44. The molecule has 1 heterocycles. The molecule has 6 rings (SSSR count). The van der Waals surface area contributed by atoms with Crippen molar-refractivity contribution in [1.29, 1.82) is 0 Å². The zero-order valence-corrected chi connectivity index (χ0v) is 24.5. The van der Waals surface area contributed by atoms with Gasteiger partial charge in [0.05, 0.1) is 11.5 Å². The van der Waals surface area contributed by atoms with Gasteiger partial charge in [-0.2, -0.15) is 0 Å². The van der Waals surface area contributed by atoms with Crippen molar-refractivity contribution in [2.24, 2.45) is 50.2 Å². The minimum absolute atomic E-state index is 0.0132. The summed E-state index contributed by atoms with van der Waals surface area (Å²) >= 11 is 0. The maximum Gasteiger partial charge on any atom is 0.313 e. The lowest BCUT2D eigenvalue weighted by atomic mass is 9.30. The molecule has 1 saturated heterocycles. The number of rotatable bonds is 1. The van der Waals surface area contributed by atoms with Crippen LogP contribution in [-0.2, 0) is 19.1 Å². The van der Waals surface area contributed by atoms with E-state index in [4.69, 9.17) is 9.47 Å². The van der Waals surface area contributed by atoms with Crippen LogP contribution in [0.3, 0.4) is 0 Å². The Morgan fingerprint density at radius 1 is 0.892 bits per heavy atom. The number of hydrogen-bond acceptors (Lipinski definition) is 5. The molecular weight excluding hydrogens is 464 g/mol. The number of carbonyl (C=O) groups excluding carboxylic acids is 2. The Morgan fingerprint density at radius 2 is 1.57 bits per heavy atom. The first-order chi connectivity index (χ1) is 17.0. The summed E-state index contributed by atoms with van der Waals surface area (Å²) < 4.78 is 12.5. The number of fused-ring (bicyclic) bond motifs is 4. The van der Waals surface area contributed by atoms with Gasteiger partial charge in [0.15, 0.2) is 0 Å². The van der Waals surface area contributed by atoms with E-state index >= 15 is 0 Å². The highest BCUT2D eigenvalue weighted by molar-refractivity contribution is 5.82. The van der Waals surface area contributed by atoms with E-state index in [2.05, 4.69) is 48.5 Å². The third-order valence-corrected chi connectivity index (χ3v) is 14.3. The largest absolute Gasteiger partial charge is 0.462 e. The van der Waals surface area contributed by atoms with Crippen LogP contribution in [0.5, 0.6) is 0 Å². The minimum Gasteiger partial charge on any atom is -0.462 e. The number of hydrogen-bond donors (Lipinski definition) is 1. The Morgan fingerprint density at radius 3 is 2.24 bits per heavy atom. The van der Waals surface area contributed by atoms with Crippen LogP contribution in [0.2, 0.25) is 0 Å². The molecule has 5 saturated carbocycles. The van der Waals surface area contributed by atoms with Crippen LogP contribution < -0.4 is 0 Å². The molecule has 6 fully saturated rings. The van der Waals surface area contributed by atoms with Gasteiger partial charge in [0.25, 0.3) is 0 Å². The quantitative estimate of drug-likeness (QED) is 0.407. The SMILES string of the molecule is CC(=O)O[C@H]1CC[C@@]2(C)[C@H](CC[C@]3(C)[C@@H]2C[C@H](O)[C@]24OC(=O)[C@@]5(CCC(C)(C)C[C@H]52)CC[C@]43C)C1(C)C. The van der Waals surface area contributed by atoms with Crippen molar-refractivity contribution in [1.82, 2.24) is 0 Å². The van der Waals surface area contributed by atoms with E-state index < -0.39 is 17.1 Å². The van der Waals surface area contributed by atoms with Crippen molar-refractivity contribution >= 4 is 11.9 Å². The molecule has 10 atom stereocenters. The van der Waals surface area contributed by atoms with Crippen LogP contribution in [-0.4, -0.2) is 34.9 Å². The lowest BCUT2D eigenvalue weighted by molar-refractivity contribution is -0.317. The smallest absolute Gasteiger partial charge is 0.313 e. The van der Waals surface area contributed by atoms with Crippen LogP contribution in [0.4, 0.5) is 0 Å². The number of ether oxygens (including phenoxy) is 2. The Bertz CT molecular complexity index is 1030. The first-order valence-corrected chi connectivity index (χ1v) is 15.1. The van der Waals surface area contributed by atoms with Crippen LogP contribution in [0, 0.1) is 50.2 Å². The van der Waals surface area contributed by atoms with Crippen LogP contribution in [0.25, 0.3) is 0 Å². The zero-order valence-electron chi connectivity index (χ0n) is 24.5. The number of aliphatic hydroxyl groups excluding tert-OH is 1. The van der Waals surface area contributed by atoms with Crippen molar-refractivity contribution in [3.8, 4) is 0 Å². The van der Waals surface area contributed by atoms with E-state index in [-0.39, 0.29) is 51.0 Å². The summed E-state index contributed by atoms with van der Waals surface area (Å²) in [4.78, 5) is 25.7. The summed E-state index contributed by atoms with van der Waals surface area (Å²) in [5.74, 6) is 0.660. The summed E-state index contributed by atoms with van der Waals surface area (Å²) in [7, 11) is 0. The van der Waals surface area contributed by atoms with Crippen molar-refractivity contribution < 1.29 is 24.2 Å². The lowest BCUT2D eigenvalue weighted by Gasteiger charge is -2.74. The molecule has 5 heteroatoms. The summed E-state index contributed by atoms with van der Waals surface area (Å²) in [6, 6.07) is 0. The fraction of sp³-hybridized carbons (Fsp3) is 0.938. The van der Waals surface area contributed by atoms with E-state index in [1.54, 1.807) is 0 Å². The first kappa shape index (κ1) is 26.1. The van der Waals surface area contributed by atoms with Crippen LogP contribution in [0.1, 0.15) is 120 Å². The molecule has 208 valence electrons. The Kier molecular flexibility index (Phi) is 5.19. The second kappa shape index (κ2) is 7.34. The van der Waals surface area contributed by atoms with E-state index in [0.717, 1.165) is 57.8 Å². The van der Waals surface area contributed by atoms with Gasteiger partial charge in [0.2, 0.25) is 0 Å². The van der Waals surface area contributed by atoms with Gasteiger partial charge in [-0.1, -0.05) is 48.5 Å². The molecule has 1 aliphatic heterocycles. The summed E-state index contributed by atoms with van der Waals surface area (Å²) in [6.07, 6.45) is 8.83. The first-order valence-electron chi connectivity index (χ1n) is 15.1. The molecule has 5 nitrogen and oxygen atoms in total. The third kappa shape index (κ3) is 2.86. The second-order valence-corrected chi connectivity index (χ2v) is 16.4. The predicted octanol–water partition coefficient (Wildman–Crippen LogP) is 6.45. The average molecular weight is 515 g/mol. The standard InChI is InChI=1S/C32H50O5/c1-19(33)36-24-10-11-28(6)20(27(24,4)5)9-12-29(7)21(28)17-23(34)32-22-18-26(2,3)13-15-31(22,25(35)37-32)16-14-30(29,32)8/h20-24,34H,9-18H2,1-8H3/t20-,21-,22-,23+,24+,28+,29-,30+,31+,32-/m1/s1. The molecular formula is C32H50O5. The zero-order chi connectivity index (χ0) is 27.0. The molecule has 0 aromatic heterocycles. The van der Waals surface area contributed by atoms with Gasteiger partial charge in [-0.3, -0.25) is 9.59 Å². The minimum atomic E-state index is -0.779. The van der Waals surface area contributed by atoms with E-state index in [0.29, 0.717) is 18.3 Å². The third-order valence-electron chi connectivity index (χ3n) is 14.3. The van der Waals surface area contributed by atoms with Crippen LogP contribution >= 0.6 is 0 Å². The lowest BCUT2D eigenvalue weighted by Crippen LogP contribution is -2.76. The molecule has 0 aromatic carbocycles. The molecule has 1 spiro atoms. The molecule has 0 unspecified atom stereocenters. The molecule has 2 bridgehead atoms. The Labute approximate surface area is 223 Å². The van der Waals surface area contributed by atoms with Gasteiger partial charge in [-0.05, 0) is 92.3 Å². The van der Waals surface area contributed by atoms with E-state index in [1.165, 1.54) is 6.92 Å².